The fraction of sp³-hybridized carbons (Fsp3) is 0.500. The van der Waals surface area contributed by atoms with Gasteiger partial charge in [0.25, 0.3) is 5.91 Å². The van der Waals surface area contributed by atoms with Crippen molar-refractivity contribution >= 4 is 5.91 Å². The number of amides is 1. The highest BCUT2D eigenvalue weighted by atomic mass is 16.2. The third-order valence-corrected chi connectivity index (χ3v) is 2.97. The zero-order valence-corrected chi connectivity index (χ0v) is 9.73. The van der Waals surface area contributed by atoms with Gasteiger partial charge in [-0.3, -0.25) is 9.78 Å². The second-order valence-electron chi connectivity index (χ2n) is 4.39. The lowest BCUT2D eigenvalue weighted by Crippen LogP contribution is -2.32. The van der Waals surface area contributed by atoms with E-state index in [-0.39, 0.29) is 11.9 Å². The highest BCUT2D eigenvalue weighted by molar-refractivity contribution is 5.95. The Morgan fingerprint density at radius 3 is 2.81 bits per heavy atom. The fourth-order valence-electron chi connectivity index (χ4n) is 2.05. The Hall–Kier alpha value is -1.42. The van der Waals surface area contributed by atoms with E-state index in [2.05, 4.69) is 4.98 Å². The Kier molecular flexibility index (Phi) is 2.92. The van der Waals surface area contributed by atoms with Crippen molar-refractivity contribution in [2.24, 2.45) is 5.73 Å². The van der Waals surface area contributed by atoms with Crippen molar-refractivity contribution in [1.82, 2.24) is 9.88 Å². The zero-order chi connectivity index (χ0) is 11.7. The average Bonchev–Trinajstić information content (AvgIpc) is 2.64. The maximum atomic E-state index is 12.2. The molecule has 1 aromatic heterocycles. The summed E-state index contributed by atoms with van der Waals surface area (Å²) in [7, 11) is 0. The first-order valence-electron chi connectivity index (χ1n) is 5.57. The first-order valence-corrected chi connectivity index (χ1v) is 5.57. The number of nitrogens with zero attached hydrogens (tertiary/aromatic N) is 2. The van der Waals surface area contributed by atoms with Crippen molar-refractivity contribution in [3.05, 3.63) is 29.1 Å². The summed E-state index contributed by atoms with van der Waals surface area (Å²) < 4.78 is 0. The van der Waals surface area contributed by atoms with Crippen molar-refractivity contribution in [2.45, 2.75) is 26.3 Å². The Balaban J connectivity index is 2.21. The molecule has 2 heterocycles. The molecule has 0 aliphatic carbocycles. The predicted octanol–water partition coefficient (Wildman–Crippen LogP) is 0.872. The molecule has 1 atom stereocenters. The molecule has 0 saturated carbocycles. The van der Waals surface area contributed by atoms with Gasteiger partial charge in [0.05, 0.1) is 11.3 Å². The first-order chi connectivity index (χ1) is 7.58. The van der Waals surface area contributed by atoms with Crippen molar-refractivity contribution in [2.75, 3.05) is 13.1 Å². The van der Waals surface area contributed by atoms with E-state index in [0.717, 1.165) is 24.4 Å². The van der Waals surface area contributed by atoms with Crippen LogP contribution in [0.15, 0.2) is 12.1 Å². The van der Waals surface area contributed by atoms with E-state index in [1.165, 1.54) is 0 Å². The molecule has 2 N–H and O–H groups in total. The highest BCUT2D eigenvalue weighted by Crippen LogP contribution is 2.14. The molecule has 2 rings (SSSR count). The summed E-state index contributed by atoms with van der Waals surface area (Å²) in [6.45, 7) is 5.21. The van der Waals surface area contributed by atoms with Crippen LogP contribution in [0.3, 0.4) is 0 Å². The molecule has 0 unspecified atom stereocenters. The van der Waals surface area contributed by atoms with Crippen LogP contribution in [0.2, 0.25) is 0 Å². The van der Waals surface area contributed by atoms with E-state index in [0.29, 0.717) is 12.1 Å². The molecule has 1 saturated heterocycles. The maximum absolute atomic E-state index is 12.2. The van der Waals surface area contributed by atoms with E-state index in [1.807, 2.05) is 30.9 Å². The minimum Gasteiger partial charge on any atom is -0.337 e. The Bertz CT molecular complexity index is 417. The molecule has 16 heavy (non-hydrogen) atoms. The van der Waals surface area contributed by atoms with Crippen LogP contribution in [-0.4, -0.2) is 34.9 Å². The van der Waals surface area contributed by atoms with Crippen LogP contribution in [0.1, 0.15) is 28.2 Å². The SMILES string of the molecule is Cc1ccc(C(=O)N2CC[C@H](N)C2)c(C)n1. The number of nitrogens with two attached hydrogens (primary N) is 1. The van der Waals surface area contributed by atoms with E-state index in [9.17, 15) is 4.79 Å². The summed E-state index contributed by atoms with van der Waals surface area (Å²) >= 11 is 0. The van der Waals surface area contributed by atoms with Gasteiger partial charge in [-0.2, -0.15) is 0 Å². The molecule has 1 aromatic rings. The van der Waals surface area contributed by atoms with Crippen molar-refractivity contribution < 1.29 is 4.79 Å². The third-order valence-electron chi connectivity index (χ3n) is 2.97. The molecular formula is C12H17N3O. The van der Waals surface area contributed by atoms with Gasteiger partial charge in [0, 0.05) is 24.8 Å². The number of aromatic nitrogens is 1. The summed E-state index contributed by atoms with van der Waals surface area (Å²) in [5.74, 6) is 0.0537. The van der Waals surface area contributed by atoms with Gasteiger partial charge in [-0.05, 0) is 32.4 Å². The van der Waals surface area contributed by atoms with E-state index < -0.39 is 0 Å². The second kappa shape index (κ2) is 4.22. The number of hydrogen-bond donors (Lipinski definition) is 1. The van der Waals surface area contributed by atoms with Crippen molar-refractivity contribution in [1.29, 1.82) is 0 Å². The number of rotatable bonds is 1. The molecule has 0 radical (unpaired) electrons. The van der Waals surface area contributed by atoms with Gasteiger partial charge in [0.1, 0.15) is 0 Å². The number of likely N-dealkylation sites (tertiary alicyclic amines) is 1. The molecule has 0 bridgehead atoms. The predicted molar refractivity (Wildman–Crippen MR) is 62.2 cm³/mol. The lowest BCUT2D eigenvalue weighted by atomic mass is 10.1. The van der Waals surface area contributed by atoms with Crippen LogP contribution in [0.4, 0.5) is 0 Å². The Morgan fingerprint density at radius 1 is 1.50 bits per heavy atom. The van der Waals surface area contributed by atoms with Crippen LogP contribution in [0.25, 0.3) is 0 Å². The summed E-state index contributed by atoms with van der Waals surface area (Å²) in [5.41, 5.74) is 8.22. The van der Waals surface area contributed by atoms with Gasteiger partial charge in [0.15, 0.2) is 0 Å². The Morgan fingerprint density at radius 2 is 2.25 bits per heavy atom. The smallest absolute Gasteiger partial charge is 0.255 e. The largest absolute Gasteiger partial charge is 0.337 e. The molecule has 1 aliphatic rings. The topological polar surface area (TPSA) is 59.2 Å². The van der Waals surface area contributed by atoms with E-state index in [1.54, 1.807) is 0 Å². The van der Waals surface area contributed by atoms with Crippen molar-refractivity contribution in [3.8, 4) is 0 Å². The second-order valence-corrected chi connectivity index (χ2v) is 4.39. The average molecular weight is 219 g/mol. The molecule has 1 aliphatic heterocycles. The van der Waals surface area contributed by atoms with Gasteiger partial charge < -0.3 is 10.6 Å². The molecule has 0 aromatic carbocycles. The summed E-state index contributed by atoms with van der Waals surface area (Å²) in [6.07, 6.45) is 0.893. The standard InChI is InChI=1S/C12H17N3O/c1-8-3-4-11(9(2)14-8)12(16)15-6-5-10(13)7-15/h3-4,10H,5-7,13H2,1-2H3/t10-/m0/s1. The summed E-state index contributed by atoms with van der Waals surface area (Å²) in [4.78, 5) is 18.3. The lowest BCUT2D eigenvalue weighted by Gasteiger charge is -2.16. The van der Waals surface area contributed by atoms with Crippen LogP contribution in [0, 0.1) is 13.8 Å². The number of carbonyl (C=O) groups is 1. The van der Waals surface area contributed by atoms with Gasteiger partial charge in [0.2, 0.25) is 0 Å². The molecule has 4 heteroatoms. The highest BCUT2D eigenvalue weighted by Gasteiger charge is 2.25. The molecule has 86 valence electrons. The third kappa shape index (κ3) is 2.07. The zero-order valence-electron chi connectivity index (χ0n) is 9.73. The minimum absolute atomic E-state index is 0.0537. The number of pyridine rings is 1. The van der Waals surface area contributed by atoms with Gasteiger partial charge >= 0.3 is 0 Å². The normalized spacial score (nSPS) is 20.2. The minimum atomic E-state index is 0.0537. The summed E-state index contributed by atoms with van der Waals surface area (Å²) in [6, 6.07) is 3.85. The number of hydrogen-bond acceptors (Lipinski definition) is 3. The van der Waals surface area contributed by atoms with Crippen LogP contribution >= 0.6 is 0 Å². The number of carbonyl (C=O) groups excluding carboxylic acids is 1. The van der Waals surface area contributed by atoms with Crippen LogP contribution in [0.5, 0.6) is 0 Å². The van der Waals surface area contributed by atoms with E-state index in [4.69, 9.17) is 5.73 Å². The van der Waals surface area contributed by atoms with Crippen LogP contribution < -0.4 is 5.73 Å². The number of aryl methyl sites for hydroxylation is 2. The maximum Gasteiger partial charge on any atom is 0.255 e. The van der Waals surface area contributed by atoms with Gasteiger partial charge in [-0.1, -0.05) is 0 Å². The lowest BCUT2D eigenvalue weighted by molar-refractivity contribution is 0.0789. The monoisotopic (exact) mass is 219 g/mol. The molecule has 1 amide bonds. The fourth-order valence-corrected chi connectivity index (χ4v) is 2.05. The molecule has 0 spiro atoms. The van der Waals surface area contributed by atoms with E-state index >= 15 is 0 Å². The van der Waals surface area contributed by atoms with Crippen molar-refractivity contribution in [3.63, 3.8) is 0 Å². The van der Waals surface area contributed by atoms with Crippen LogP contribution in [-0.2, 0) is 0 Å². The quantitative estimate of drug-likeness (QED) is 0.762. The molecule has 4 nitrogen and oxygen atoms in total. The van der Waals surface area contributed by atoms with Gasteiger partial charge in [-0.25, -0.2) is 0 Å². The van der Waals surface area contributed by atoms with Gasteiger partial charge in [-0.15, -0.1) is 0 Å². The Labute approximate surface area is 95.5 Å². The molecular weight excluding hydrogens is 202 g/mol. The first kappa shape index (κ1) is 11.1. The molecule has 1 fully saturated rings. The summed E-state index contributed by atoms with van der Waals surface area (Å²) in [5, 5.41) is 0.